The molecule has 258 valence electrons. The second-order valence-electron chi connectivity index (χ2n) is 14.5. The van der Waals surface area contributed by atoms with E-state index in [9.17, 15) is 0 Å². The minimum atomic E-state index is -0.615. The molecule has 0 radical (unpaired) electrons. The fourth-order valence-electron chi connectivity index (χ4n) is 9.30. The first-order valence-electron chi connectivity index (χ1n) is 19.0. The molecule has 1 heterocycles. The molecule has 0 unspecified atom stereocenters. The molecule has 0 bridgehead atoms. The van der Waals surface area contributed by atoms with Crippen molar-refractivity contribution < 1.29 is 0 Å². The number of para-hydroxylation sites is 1. The molecule has 0 saturated heterocycles. The number of aromatic nitrogens is 1. The zero-order valence-corrected chi connectivity index (χ0v) is 30.2. The van der Waals surface area contributed by atoms with E-state index in [4.69, 9.17) is 0 Å². The topological polar surface area (TPSA) is 8.17 Å². The van der Waals surface area contributed by atoms with Gasteiger partial charge in [-0.15, -0.1) is 0 Å². The van der Waals surface area contributed by atoms with E-state index in [2.05, 4.69) is 228 Å². The van der Waals surface area contributed by atoms with Crippen LogP contribution in [0.25, 0.3) is 54.8 Å². The summed E-state index contributed by atoms with van der Waals surface area (Å²) in [4.78, 5) is 2.43. The zero-order chi connectivity index (χ0) is 36.3. The maximum atomic E-state index is 2.64. The molecule has 0 saturated carbocycles. The summed E-state index contributed by atoms with van der Waals surface area (Å²) in [6, 6.07) is 80.1. The first kappa shape index (κ1) is 31.4. The van der Waals surface area contributed by atoms with E-state index >= 15 is 0 Å². The normalized spacial score (nSPS) is 12.9. The van der Waals surface area contributed by atoms with Gasteiger partial charge in [-0.1, -0.05) is 182 Å². The van der Waals surface area contributed by atoms with Gasteiger partial charge >= 0.3 is 0 Å². The van der Waals surface area contributed by atoms with Crippen LogP contribution in [0, 0.1) is 0 Å². The Morgan fingerprint density at radius 3 is 1.65 bits per heavy atom. The molecule has 0 atom stereocenters. The number of nitrogens with zero attached hydrogens (tertiary/aromatic N) is 2. The fourth-order valence-corrected chi connectivity index (χ4v) is 9.30. The minimum Gasteiger partial charge on any atom is -0.322 e. The van der Waals surface area contributed by atoms with Crippen molar-refractivity contribution >= 4 is 49.6 Å². The van der Waals surface area contributed by atoms with Crippen LogP contribution in [0.5, 0.6) is 0 Å². The largest absolute Gasteiger partial charge is 0.322 e. The maximum absolute atomic E-state index is 2.64. The first-order valence-corrected chi connectivity index (χ1v) is 19.0. The van der Waals surface area contributed by atoms with Gasteiger partial charge in [0, 0.05) is 27.5 Å². The second-order valence-corrected chi connectivity index (χ2v) is 14.5. The molecular weight excluding hydrogens is 665 g/mol. The average molecular weight is 701 g/mol. The van der Waals surface area contributed by atoms with Gasteiger partial charge in [0.05, 0.1) is 16.7 Å². The van der Waals surface area contributed by atoms with E-state index in [1.54, 1.807) is 0 Å². The van der Waals surface area contributed by atoms with Gasteiger partial charge in [0.15, 0.2) is 0 Å². The average Bonchev–Trinajstić information content (AvgIpc) is 3.75. The molecule has 0 amide bonds. The van der Waals surface area contributed by atoms with Crippen molar-refractivity contribution in [2.24, 2.45) is 0 Å². The zero-order valence-electron chi connectivity index (χ0n) is 30.2. The summed E-state index contributed by atoms with van der Waals surface area (Å²) in [6.07, 6.45) is 0. The molecule has 10 aromatic rings. The molecule has 1 aliphatic rings. The third-order valence-corrected chi connectivity index (χ3v) is 11.6. The highest BCUT2D eigenvalue weighted by atomic mass is 15.2. The third-order valence-electron chi connectivity index (χ3n) is 11.6. The van der Waals surface area contributed by atoms with Gasteiger partial charge in [-0.2, -0.15) is 0 Å². The van der Waals surface area contributed by atoms with Gasteiger partial charge in [-0.3, -0.25) is 0 Å². The molecule has 0 spiro atoms. The van der Waals surface area contributed by atoms with E-state index in [-0.39, 0.29) is 0 Å². The Morgan fingerprint density at radius 2 is 0.909 bits per heavy atom. The van der Waals surface area contributed by atoms with Crippen LogP contribution in [0.15, 0.2) is 218 Å². The Labute approximate surface area is 320 Å². The smallest absolute Gasteiger partial charge is 0.122 e. The van der Waals surface area contributed by atoms with Crippen molar-refractivity contribution in [3.05, 3.63) is 235 Å². The highest BCUT2D eigenvalue weighted by Crippen LogP contribution is 2.56. The van der Waals surface area contributed by atoms with Gasteiger partial charge in [0.1, 0.15) is 5.54 Å². The standard InChI is InChI=1S/C53H36N2/c1-3-16-37(17-4-1)38-30-32-41(33-31-38)54(50-29-15-19-39-18-7-8-22-43(39)50)42-34-35-47-46-25-11-14-28-51(46)55(52(47)36-42)53(40-20-5-2-6-21-40)48-26-12-9-23-44(48)45-24-10-13-27-49(45)53/h1-36H. The van der Waals surface area contributed by atoms with Crippen LogP contribution in [0.1, 0.15) is 16.7 Å². The Hall–Kier alpha value is -7.16. The lowest BCUT2D eigenvalue weighted by molar-refractivity contribution is 0.564. The molecule has 55 heavy (non-hydrogen) atoms. The Bertz CT molecular complexity index is 2980. The van der Waals surface area contributed by atoms with Crippen molar-refractivity contribution in [1.29, 1.82) is 0 Å². The number of anilines is 3. The van der Waals surface area contributed by atoms with Crippen LogP contribution in [-0.2, 0) is 5.54 Å². The second kappa shape index (κ2) is 12.5. The quantitative estimate of drug-likeness (QED) is 0.168. The van der Waals surface area contributed by atoms with E-state index in [1.807, 2.05) is 0 Å². The van der Waals surface area contributed by atoms with Crippen molar-refractivity contribution in [2.45, 2.75) is 5.54 Å². The van der Waals surface area contributed by atoms with Crippen LogP contribution in [0.4, 0.5) is 17.1 Å². The van der Waals surface area contributed by atoms with E-state index in [0.29, 0.717) is 0 Å². The molecule has 2 nitrogen and oxygen atoms in total. The van der Waals surface area contributed by atoms with Gasteiger partial charge in [-0.25, -0.2) is 0 Å². The highest BCUT2D eigenvalue weighted by molar-refractivity contribution is 6.11. The molecule has 0 fully saturated rings. The van der Waals surface area contributed by atoms with E-state index < -0.39 is 5.54 Å². The third kappa shape index (κ3) is 4.68. The summed E-state index contributed by atoms with van der Waals surface area (Å²) in [7, 11) is 0. The van der Waals surface area contributed by atoms with Crippen molar-refractivity contribution in [3.63, 3.8) is 0 Å². The molecule has 2 heteroatoms. The molecular formula is C53H36N2. The van der Waals surface area contributed by atoms with Crippen LogP contribution >= 0.6 is 0 Å². The van der Waals surface area contributed by atoms with Crippen LogP contribution in [0.3, 0.4) is 0 Å². The number of hydrogen-bond acceptors (Lipinski definition) is 1. The Morgan fingerprint density at radius 1 is 0.364 bits per heavy atom. The van der Waals surface area contributed by atoms with Crippen LogP contribution in [0.2, 0.25) is 0 Å². The van der Waals surface area contributed by atoms with Gasteiger partial charge < -0.3 is 9.47 Å². The SMILES string of the molecule is c1ccc(-c2ccc(N(c3ccc4c5ccccc5n(C5(c6ccccc6)c6ccccc6-c6ccccc65)c4c3)c3cccc4ccccc34)cc2)cc1. The summed E-state index contributed by atoms with van der Waals surface area (Å²) >= 11 is 0. The lowest BCUT2D eigenvalue weighted by Crippen LogP contribution is -2.35. The molecule has 9 aromatic carbocycles. The molecule has 1 aromatic heterocycles. The number of fused-ring (bicyclic) bond motifs is 7. The predicted octanol–water partition coefficient (Wildman–Crippen LogP) is 13.9. The highest BCUT2D eigenvalue weighted by Gasteiger charge is 2.47. The van der Waals surface area contributed by atoms with Crippen molar-refractivity contribution in [1.82, 2.24) is 4.57 Å². The first-order chi connectivity index (χ1) is 27.3. The summed E-state index contributed by atoms with van der Waals surface area (Å²) in [5, 5.41) is 4.89. The molecule has 0 aliphatic heterocycles. The number of benzene rings is 9. The lowest BCUT2D eigenvalue weighted by atomic mass is 9.80. The molecule has 11 rings (SSSR count). The van der Waals surface area contributed by atoms with Crippen LogP contribution < -0.4 is 4.90 Å². The Kier molecular flexibility index (Phi) is 7.11. The summed E-state index contributed by atoms with van der Waals surface area (Å²) in [5.74, 6) is 0. The fraction of sp³-hybridized carbons (Fsp3) is 0.0189. The summed E-state index contributed by atoms with van der Waals surface area (Å²) in [5.41, 5.74) is 13.9. The van der Waals surface area contributed by atoms with E-state index in [1.165, 1.54) is 71.5 Å². The number of rotatable bonds is 6. The number of hydrogen-bond donors (Lipinski definition) is 0. The minimum absolute atomic E-state index is 0.615. The predicted molar refractivity (Wildman–Crippen MR) is 231 cm³/mol. The Balaban J connectivity index is 1.23. The van der Waals surface area contributed by atoms with Gasteiger partial charge in [0.2, 0.25) is 0 Å². The molecule has 0 N–H and O–H groups in total. The van der Waals surface area contributed by atoms with Crippen molar-refractivity contribution in [2.75, 3.05) is 4.90 Å². The summed E-state index contributed by atoms with van der Waals surface area (Å²) in [6.45, 7) is 0. The lowest BCUT2D eigenvalue weighted by Gasteiger charge is -2.36. The monoisotopic (exact) mass is 700 g/mol. The van der Waals surface area contributed by atoms with Gasteiger partial charge in [0.25, 0.3) is 0 Å². The van der Waals surface area contributed by atoms with Crippen LogP contribution in [-0.4, -0.2) is 4.57 Å². The van der Waals surface area contributed by atoms with E-state index in [0.717, 1.165) is 17.1 Å². The summed E-state index contributed by atoms with van der Waals surface area (Å²) < 4.78 is 2.64. The van der Waals surface area contributed by atoms with Crippen molar-refractivity contribution in [3.8, 4) is 22.3 Å². The molecule has 1 aliphatic carbocycles. The maximum Gasteiger partial charge on any atom is 0.122 e. The van der Waals surface area contributed by atoms with Gasteiger partial charge in [-0.05, 0) is 80.7 Å².